The summed E-state index contributed by atoms with van der Waals surface area (Å²) < 4.78 is 0.267. The summed E-state index contributed by atoms with van der Waals surface area (Å²) in [5.41, 5.74) is 0.0546. The predicted molar refractivity (Wildman–Crippen MR) is 74.6 cm³/mol. The van der Waals surface area contributed by atoms with Gasteiger partial charge in [-0.15, -0.1) is 0 Å². The zero-order valence-electron chi connectivity index (χ0n) is 10.7. The Balaban J connectivity index is 3.05. The van der Waals surface area contributed by atoms with Crippen LogP contribution in [0.3, 0.4) is 0 Å². The van der Waals surface area contributed by atoms with E-state index in [-0.39, 0.29) is 15.7 Å². The molecule has 7 nitrogen and oxygen atoms in total. The summed E-state index contributed by atoms with van der Waals surface area (Å²) >= 11 is 3.10. The molecule has 0 fully saturated rings. The number of non-ortho nitro benzene ring substituents is 1. The summed E-state index contributed by atoms with van der Waals surface area (Å²) in [7, 11) is 0. The highest BCUT2D eigenvalue weighted by Gasteiger charge is 2.21. The molecule has 0 aliphatic rings. The van der Waals surface area contributed by atoms with Gasteiger partial charge in [0.1, 0.15) is 6.54 Å². The number of nitro groups is 1. The molecule has 0 spiro atoms. The van der Waals surface area contributed by atoms with Crippen LogP contribution in [-0.4, -0.2) is 39.9 Å². The number of rotatable bonds is 6. The molecule has 1 rings (SSSR count). The Kier molecular flexibility index (Phi) is 5.63. The third-order valence-corrected chi connectivity index (χ3v) is 3.16. The van der Waals surface area contributed by atoms with Gasteiger partial charge in [-0.25, -0.2) is 0 Å². The quantitative estimate of drug-likeness (QED) is 0.630. The Morgan fingerprint density at radius 2 is 2.10 bits per heavy atom. The number of carboxylic acid groups (broad SMARTS) is 1. The number of hydrogen-bond donors (Lipinski definition) is 1. The minimum absolute atomic E-state index is 0.145. The van der Waals surface area contributed by atoms with Gasteiger partial charge in [-0.1, -0.05) is 6.92 Å². The van der Waals surface area contributed by atoms with E-state index in [1.165, 1.54) is 23.1 Å². The summed E-state index contributed by atoms with van der Waals surface area (Å²) in [6.07, 6.45) is 0.615. The highest BCUT2D eigenvalue weighted by Crippen LogP contribution is 2.24. The summed E-state index contributed by atoms with van der Waals surface area (Å²) in [6, 6.07) is 3.75. The molecule has 0 saturated heterocycles. The van der Waals surface area contributed by atoms with Crippen molar-refractivity contribution >= 4 is 33.5 Å². The van der Waals surface area contributed by atoms with Gasteiger partial charge in [0.15, 0.2) is 0 Å². The van der Waals surface area contributed by atoms with Gasteiger partial charge in [0.25, 0.3) is 11.6 Å². The maximum absolute atomic E-state index is 12.2. The summed E-state index contributed by atoms with van der Waals surface area (Å²) in [6.45, 7) is 1.72. The minimum atomic E-state index is -1.11. The maximum Gasteiger partial charge on any atom is 0.323 e. The highest BCUT2D eigenvalue weighted by molar-refractivity contribution is 9.10. The number of carboxylic acids is 1. The molecule has 1 amide bonds. The lowest BCUT2D eigenvalue weighted by Gasteiger charge is -2.20. The van der Waals surface area contributed by atoms with Crippen molar-refractivity contribution in [2.45, 2.75) is 13.3 Å². The molecular formula is C12H13BrN2O5. The van der Waals surface area contributed by atoms with E-state index in [0.717, 1.165) is 0 Å². The number of carbonyl (C=O) groups is 2. The van der Waals surface area contributed by atoms with Gasteiger partial charge in [0.2, 0.25) is 0 Å². The van der Waals surface area contributed by atoms with Crippen molar-refractivity contribution in [2.24, 2.45) is 0 Å². The molecule has 0 unspecified atom stereocenters. The van der Waals surface area contributed by atoms with Crippen molar-refractivity contribution in [3.63, 3.8) is 0 Å². The second kappa shape index (κ2) is 6.99. The number of hydrogen-bond acceptors (Lipinski definition) is 4. The van der Waals surface area contributed by atoms with Crippen LogP contribution in [0.1, 0.15) is 23.7 Å². The number of nitrogens with zero attached hydrogens (tertiary/aromatic N) is 2. The first-order valence-electron chi connectivity index (χ1n) is 5.81. The maximum atomic E-state index is 12.2. The lowest BCUT2D eigenvalue weighted by Crippen LogP contribution is -2.36. The lowest BCUT2D eigenvalue weighted by molar-refractivity contribution is -0.384. The molecule has 0 heterocycles. The first kappa shape index (κ1) is 16.1. The Morgan fingerprint density at radius 1 is 1.45 bits per heavy atom. The Hall–Kier alpha value is -1.96. The standard InChI is InChI=1S/C12H13BrN2O5/c1-2-5-14(7-11(16)17)12(18)9-4-3-8(15(19)20)6-10(9)13/h3-4,6H,2,5,7H2,1H3,(H,16,17). The highest BCUT2D eigenvalue weighted by atomic mass is 79.9. The molecule has 0 aliphatic heterocycles. The first-order valence-corrected chi connectivity index (χ1v) is 6.61. The predicted octanol–water partition coefficient (Wildman–Crippen LogP) is 2.29. The molecule has 0 bridgehead atoms. The van der Waals surface area contributed by atoms with Crippen LogP contribution in [0, 0.1) is 10.1 Å². The third kappa shape index (κ3) is 4.02. The van der Waals surface area contributed by atoms with Gasteiger partial charge in [0, 0.05) is 23.2 Å². The van der Waals surface area contributed by atoms with Crippen LogP contribution in [-0.2, 0) is 4.79 Å². The number of halogens is 1. The average molecular weight is 345 g/mol. The number of carbonyl (C=O) groups excluding carboxylic acids is 1. The molecule has 108 valence electrons. The van der Waals surface area contributed by atoms with Gasteiger partial charge < -0.3 is 10.0 Å². The molecular weight excluding hydrogens is 332 g/mol. The smallest absolute Gasteiger partial charge is 0.323 e. The van der Waals surface area contributed by atoms with Crippen LogP contribution in [0.15, 0.2) is 22.7 Å². The van der Waals surface area contributed by atoms with E-state index >= 15 is 0 Å². The van der Waals surface area contributed by atoms with Crippen LogP contribution in [0.2, 0.25) is 0 Å². The SMILES string of the molecule is CCCN(CC(=O)O)C(=O)c1ccc([N+](=O)[O-])cc1Br. The summed E-state index contributed by atoms with van der Waals surface area (Å²) in [5, 5.41) is 19.4. The van der Waals surface area contributed by atoms with Gasteiger partial charge in [-0.2, -0.15) is 0 Å². The van der Waals surface area contributed by atoms with Gasteiger partial charge in [0.05, 0.1) is 10.5 Å². The second-order valence-electron chi connectivity index (χ2n) is 4.04. The van der Waals surface area contributed by atoms with Crippen molar-refractivity contribution in [1.82, 2.24) is 4.90 Å². The van der Waals surface area contributed by atoms with Crippen LogP contribution in [0.4, 0.5) is 5.69 Å². The largest absolute Gasteiger partial charge is 0.480 e. The molecule has 1 aromatic carbocycles. The van der Waals surface area contributed by atoms with Crippen LogP contribution in [0.25, 0.3) is 0 Å². The Morgan fingerprint density at radius 3 is 2.55 bits per heavy atom. The van der Waals surface area contributed by atoms with Crippen molar-refractivity contribution in [3.8, 4) is 0 Å². The summed E-state index contributed by atoms with van der Waals surface area (Å²) in [4.78, 5) is 34.2. The van der Waals surface area contributed by atoms with E-state index in [4.69, 9.17) is 5.11 Å². The fourth-order valence-corrected chi connectivity index (χ4v) is 2.18. The number of benzene rings is 1. The number of nitro benzene ring substituents is 1. The molecule has 1 aromatic rings. The number of amides is 1. The topological polar surface area (TPSA) is 101 Å². The molecule has 0 atom stereocenters. The number of aliphatic carboxylic acids is 1. The normalized spacial score (nSPS) is 10.1. The van der Waals surface area contributed by atoms with Gasteiger partial charge >= 0.3 is 5.97 Å². The molecule has 1 N–H and O–H groups in total. The first-order chi connectivity index (χ1) is 9.36. The van der Waals surface area contributed by atoms with Crippen molar-refractivity contribution in [1.29, 1.82) is 0 Å². The van der Waals surface area contributed by atoms with Crippen molar-refractivity contribution < 1.29 is 19.6 Å². The monoisotopic (exact) mass is 344 g/mol. The fourth-order valence-electron chi connectivity index (χ4n) is 1.65. The fraction of sp³-hybridized carbons (Fsp3) is 0.333. The zero-order chi connectivity index (χ0) is 15.3. The molecule has 0 saturated carbocycles. The molecule has 20 heavy (non-hydrogen) atoms. The zero-order valence-corrected chi connectivity index (χ0v) is 12.3. The lowest BCUT2D eigenvalue weighted by atomic mass is 10.1. The van der Waals surface area contributed by atoms with E-state index in [2.05, 4.69) is 15.9 Å². The van der Waals surface area contributed by atoms with Crippen molar-refractivity contribution in [2.75, 3.05) is 13.1 Å². The third-order valence-electron chi connectivity index (χ3n) is 2.50. The Labute approximate surface area is 123 Å². The second-order valence-corrected chi connectivity index (χ2v) is 4.90. The van der Waals surface area contributed by atoms with E-state index in [1.54, 1.807) is 0 Å². The van der Waals surface area contributed by atoms with Gasteiger partial charge in [-0.3, -0.25) is 19.7 Å². The van der Waals surface area contributed by atoms with Crippen LogP contribution >= 0.6 is 15.9 Å². The molecule has 0 aromatic heterocycles. The van der Waals surface area contributed by atoms with E-state index < -0.39 is 23.3 Å². The van der Waals surface area contributed by atoms with E-state index in [0.29, 0.717) is 13.0 Å². The molecule has 8 heteroatoms. The van der Waals surface area contributed by atoms with Crippen LogP contribution < -0.4 is 0 Å². The minimum Gasteiger partial charge on any atom is -0.480 e. The van der Waals surface area contributed by atoms with E-state index in [9.17, 15) is 19.7 Å². The molecule has 0 aliphatic carbocycles. The van der Waals surface area contributed by atoms with Crippen molar-refractivity contribution in [3.05, 3.63) is 38.3 Å². The van der Waals surface area contributed by atoms with Crippen LogP contribution in [0.5, 0.6) is 0 Å². The molecule has 0 radical (unpaired) electrons. The summed E-state index contributed by atoms with van der Waals surface area (Å²) in [5.74, 6) is -1.58. The van der Waals surface area contributed by atoms with E-state index in [1.807, 2.05) is 6.92 Å². The average Bonchev–Trinajstić information content (AvgIpc) is 2.36. The Bertz CT molecular complexity index is 547. The van der Waals surface area contributed by atoms with Gasteiger partial charge in [-0.05, 0) is 28.4 Å².